The fourth-order valence-electron chi connectivity index (χ4n) is 2.31. The highest BCUT2D eigenvalue weighted by atomic mass is 32.2. The largest absolute Gasteiger partial charge is 0.312 e. The Labute approximate surface area is 119 Å². The van der Waals surface area contributed by atoms with Crippen molar-refractivity contribution in [2.45, 2.75) is 44.0 Å². The van der Waals surface area contributed by atoms with Gasteiger partial charge in [-0.15, -0.1) is 11.3 Å². The molecular weight excluding hydrogens is 280 g/mol. The smallest absolute Gasteiger partial charge is 0.244 e. The van der Waals surface area contributed by atoms with Crippen LogP contribution in [-0.4, -0.2) is 32.4 Å². The third kappa shape index (κ3) is 3.56. The summed E-state index contributed by atoms with van der Waals surface area (Å²) in [4.78, 5) is 1.43. The quantitative estimate of drug-likeness (QED) is 0.821. The predicted molar refractivity (Wildman–Crippen MR) is 78.9 cm³/mol. The standard InChI is InChI=1S/C13H22N2O2S2/c1-2-7-14-11-12-13(6-10-18-12)19(16,17)15-8-4-3-5-9-15/h6,10,14H,2-5,7-9,11H2,1H3. The molecule has 0 spiro atoms. The Bertz CT molecular complexity index is 490. The molecule has 0 radical (unpaired) electrons. The maximum atomic E-state index is 12.6. The summed E-state index contributed by atoms with van der Waals surface area (Å²) in [6.07, 6.45) is 4.15. The number of nitrogens with zero attached hydrogens (tertiary/aromatic N) is 1. The molecule has 0 unspecified atom stereocenters. The third-order valence-electron chi connectivity index (χ3n) is 3.35. The Morgan fingerprint density at radius 3 is 2.74 bits per heavy atom. The van der Waals surface area contributed by atoms with Gasteiger partial charge in [0.1, 0.15) is 0 Å². The first-order valence-corrected chi connectivity index (χ1v) is 9.25. The van der Waals surface area contributed by atoms with Crippen molar-refractivity contribution in [3.8, 4) is 0 Å². The summed E-state index contributed by atoms with van der Waals surface area (Å²) in [6, 6.07) is 1.75. The van der Waals surface area contributed by atoms with Gasteiger partial charge in [0, 0.05) is 24.5 Å². The molecule has 1 N–H and O–H groups in total. The molecule has 19 heavy (non-hydrogen) atoms. The van der Waals surface area contributed by atoms with E-state index in [9.17, 15) is 8.42 Å². The zero-order valence-corrected chi connectivity index (χ0v) is 13.0. The number of piperidine rings is 1. The molecule has 1 aliphatic heterocycles. The summed E-state index contributed by atoms with van der Waals surface area (Å²) >= 11 is 1.52. The van der Waals surface area contributed by atoms with Gasteiger partial charge in [-0.05, 0) is 37.3 Å². The highest BCUT2D eigenvalue weighted by Gasteiger charge is 2.28. The van der Waals surface area contributed by atoms with E-state index in [-0.39, 0.29) is 0 Å². The highest BCUT2D eigenvalue weighted by molar-refractivity contribution is 7.89. The van der Waals surface area contributed by atoms with E-state index in [1.165, 1.54) is 11.3 Å². The number of hydrogen-bond donors (Lipinski definition) is 1. The van der Waals surface area contributed by atoms with Gasteiger partial charge in [-0.3, -0.25) is 0 Å². The first-order valence-electron chi connectivity index (χ1n) is 6.93. The second-order valence-corrected chi connectivity index (χ2v) is 7.76. The summed E-state index contributed by atoms with van der Waals surface area (Å²) in [7, 11) is -3.28. The molecule has 0 aromatic carbocycles. The average molecular weight is 302 g/mol. The Kier molecular flexibility index (Phi) is 5.38. The van der Waals surface area contributed by atoms with Crippen LogP contribution in [0.4, 0.5) is 0 Å². The molecule has 0 saturated carbocycles. The van der Waals surface area contributed by atoms with Crippen molar-refractivity contribution in [1.29, 1.82) is 0 Å². The molecule has 0 aliphatic carbocycles. The topological polar surface area (TPSA) is 49.4 Å². The lowest BCUT2D eigenvalue weighted by atomic mass is 10.2. The van der Waals surface area contributed by atoms with Gasteiger partial charge in [0.05, 0.1) is 4.90 Å². The zero-order chi connectivity index (χ0) is 13.7. The summed E-state index contributed by atoms with van der Waals surface area (Å²) in [5.74, 6) is 0. The van der Waals surface area contributed by atoms with Gasteiger partial charge in [0.2, 0.25) is 10.0 Å². The van der Waals surface area contributed by atoms with E-state index < -0.39 is 10.0 Å². The van der Waals surface area contributed by atoms with Crippen molar-refractivity contribution in [2.24, 2.45) is 0 Å². The van der Waals surface area contributed by atoms with Crippen LogP contribution in [0.15, 0.2) is 16.3 Å². The molecule has 2 rings (SSSR count). The van der Waals surface area contributed by atoms with E-state index >= 15 is 0 Å². The Balaban J connectivity index is 2.13. The lowest BCUT2D eigenvalue weighted by Crippen LogP contribution is -2.36. The SMILES string of the molecule is CCCNCc1sccc1S(=O)(=O)N1CCCCC1. The van der Waals surface area contributed by atoms with Crippen LogP contribution in [0.25, 0.3) is 0 Å². The summed E-state index contributed by atoms with van der Waals surface area (Å²) in [6.45, 7) is 5.00. The van der Waals surface area contributed by atoms with Crippen molar-refractivity contribution >= 4 is 21.4 Å². The Morgan fingerprint density at radius 1 is 1.32 bits per heavy atom. The fraction of sp³-hybridized carbons (Fsp3) is 0.692. The molecule has 1 fully saturated rings. The minimum absolute atomic E-state index is 0.503. The number of thiophene rings is 1. The van der Waals surface area contributed by atoms with E-state index in [1.54, 1.807) is 10.4 Å². The van der Waals surface area contributed by atoms with E-state index in [0.29, 0.717) is 24.5 Å². The first kappa shape index (κ1) is 15.0. The lowest BCUT2D eigenvalue weighted by Gasteiger charge is -2.26. The van der Waals surface area contributed by atoms with E-state index in [4.69, 9.17) is 0 Å². The first-order chi connectivity index (χ1) is 9.16. The van der Waals surface area contributed by atoms with Crippen molar-refractivity contribution < 1.29 is 8.42 Å². The summed E-state index contributed by atoms with van der Waals surface area (Å²) < 4.78 is 26.9. The molecule has 0 atom stereocenters. The number of hydrogen-bond acceptors (Lipinski definition) is 4. The van der Waals surface area contributed by atoms with Crippen molar-refractivity contribution in [1.82, 2.24) is 9.62 Å². The van der Waals surface area contributed by atoms with Crippen LogP contribution < -0.4 is 5.32 Å². The van der Waals surface area contributed by atoms with Crippen LogP contribution >= 0.6 is 11.3 Å². The van der Waals surface area contributed by atoms with Gasteiger partial charge in [-0.1, -0.05) is 13.3 Å². The molecule has 1 aliphatic rings. The van der Waals surface area contributed by atoms with Crippen molar-refractivity contribution in [3.63, 3.8) is 0 Å². The second kappa shape index (κ2) is 6.83. The number of sulfonamides is 1. The minimum Gasteiger partial charge on any atom is -0.312 e. The highest BCUT2D eigenvalue weighted by Crippen LogP contribution is 2.27. The van der Waals surface area contributed by atoms with Gasteiger partial charge in [0.15, 0.2) is 0 Å². The van der Waals surface area contributed by atoms with Crippen LogP contribution in [-0.2, 0) is 16.6 Å². The third-order valence-corrected chi connectivity index (χ3v) is 6.38. The fourth-order valence-corrected chi connectivity index (χ4v) is 5.21. The molecule has 0 bridgehead atoms. The Hall–Kier alpha value is -0.430. The van der Waals surface area contributed by atoms with E-state index in [1.807, 2.05) is 5.38 Å². The average Bonchev–Trinajstić information content (AvgIpc) is 2.89. The molecule has 1 aromatic heterocycles. The van der Waals surface area contributed by atoms with Gasteiger partial charge in [-0.25, -0.2) is 8.42 Å². The van der Waals surface area contributed by atoms with Gasteiger partial charge < -0.3 is 5.32 Å². The van der Waals surface area contributed by atoms with Crippen molar-refractivity contribution in [3.05, 3.63) is 16.3 Å². The molecular formula is C13H22N2O2S2. The molecule has 4 nitrogen and oxygen atoms in total. The molecule has 2 heterocycles. The zero-order valence-electron chi connectivity index (χ0n) is 11.4. The second-order valence-electron chi connectivity index (χ2n) is 4.85. The molecule has 1 saturated heterocycles. The maximum absolute atomic E-state index is 12.6. The van der Waals surface area contributed by atoms with Crippen LogP contribution in [0.2, 0.25) is 0 Å². The van der Waals surface area contributed by atoms with Crippen LogP contribution in [0.1, 0.15) is 37.5 Å². The molecule has 1 aromatic rings. The van der Waals surface area contributed by atoms with E-state index in [2.05, 4.69) is 12.2 Å². The minimum atomic E-state index is -3.28. The molecule has 6 heteroatoms. The van der Waals surface area contributed by atoms with Crippen LogP contribution in [0, 0.1) is 0 Å². The molecule has 0 amide bonds. The normalized spacial score (nSPS) is 17.7. The van der Waals surface area contributed by atoms with Crippen LogP contribution in [0.5, 0.6) is 0 Å². The van der Waals surface area contributed by atoms with E-state index in [0.717, 1.165) is 37.1 Å². The lowest BCUT2D eigenvalue weighted by molar-refractivity contribution is 0.346. The van der Waals surface area contributed by atoms with Gasteiger partial charge in [0.25, 0.3) is 0 Å². The summed E-state index contributed by atoms with van der Waals surface area (Å²) in [5, 5.41) is 5.16. The number of rotatable bonds is 6. The van der Waals surface area contributed by atoms with Crippen molar-refractivity contribution in [2.75, 3.05) is 19.6 Å². The number of nitrogens with one attached hydrogen (secondary N) is 1. The Morgan fingerprint density at radius 2 is 2.05 bits per heavy atom. The predicted octanol–water partition coefficient (Wildman–Crippen LogP) is 2.42. The molecule has 108 valence electrons. The summed E-state index contributed by atoms with van der Waals surface area (Å²) in [5.41, 5.74) is 0. The monoisotopic (exact) mass is 302 g/mol. The van der Waals surface area contributed by atoms with Crippen LogP contribution in [0.3, 0.4) is 0 Å². The maximum Gasteiger partial charge on any atom is 0.244 e. The van der Waals surface area contributed by atoms with Gasteiger partial charge in [-0.2, -0.15) is 4.31 Å². The van der Waals surface area contributed by atoms with Gasteiger partial charge >= 0.3 is 0 Å².